The van der Waals surface area contributed by atoms with Gasteiger partial charge in [0.1, 0.15) is 0 Å². The Morgan fingerprint density at radius 2 is 2.21 bits per heavy atom. The van der Waals surface area contributed by atoms with Crippen LogP contribution < -0.4 is 0 Å². The van der Waals surface area contributed by atoms with Gasteiger partial charge in [-0.2, -0.15) is 0 Å². The van der Waals surface area contributed by atoms with Crippen LogP contribution in [0.2, 0.25) is 0 Å². The van der Waals surface area contributed by atoms with Crippen molar-refractivity contribution >= 4 is 37.4 Å². The van der Waals surface area contributed by atoms with E-state index in [4.69, 9.17) is 6.57 Å². The molecule has 0 amide bonds. The van der Waals surface area contributed by atoms with Gasteiger partial charge < -0.3 is 4.85 Å². The molecule has 0 fully saturated rings. The number of hydrogen-bond acceptors (Lipinski definition) is 1. The van der Waals surface area contributed by atoms with Gasteiger partial charge in [0.05, 0.1) is 6.42 Å². The fraction of sp³-hybridized carbons (Fsp3) is 0.182. The summed E-state index contributed by atoms with van der Waals surface area (Å²) in [6, 6.07) is 8.46. The van der Waals surface area contributed by atoms with Crippen molar-refractivity contribution in [1.82, 2.24) is 0 Å². The Hall–Kier alpha value is -0.850. The van der Waals surface area contributed by atoms with Crippen LogP contribution in [0.15, 0.2) is 28.7 Å². The Balaban J connectivity index is 2.37. The van der Waals surface area contributed by atoms with Crippen molar-refractivity contribution < 1.29 is 0 Å². The maximum atomic E-state index is 6.74. The van der Waals surface area contributed by atoms with E-state index in [-0.39, 0.29) is 0 Å². The highest BCUT2D eigenvalue weighted by Crippen LogP contribution is 2.28. The van der Waals surface area contributed by atoms with Crippen LogP contribution in [0.4, 0.5) is 0 Å². The van der Waals surface area contributed by atoms with Gasteiger partial charge in [-0.05, 0) is 23.6 Å². The first-order valence-corrected chi connectivity index (χ1v) is 5.92. The fourth-order valence-electron chi connectivity index (χ4n) is 1.35. The van der Waals surface area contributed by atoms with Crippen LogP contribution in [0.3, 0.4) is 0 Å². The zero-order chi connectivity index (χ0) is 9.97. The third kappa shape index (κ3) is 1.97. The topological polar surface area (TPSA) is 4.36 Å². The molecule has 1 aromatic carbocycles. The lowest BCUT2D eigenvalue weighted by Gasteiger charge is -1.88. The van der Waals surface area contributed by atoms with Crippen LogP contribution >= 0.6 is 27.3 Å². The van der Waals surface area contributed by atoms with Gasteiger partial charge in [0.15, 0.2) is 0 Å². The molecule has 14 heavy (non-hydrogen) atoms. The van der Waals surface area contributed by atoms with Gasteiger partial charge in [-0.15, -0.1) is 11.3 Å². The van der Waals surface area contributed by atoms with Crippen LogP contribution in [0.5, 0.6) is 0 Å². The Morgan fingerprint density at radius 3 is 3.00 bits per heavy atom. The predicted molar refractivity (Wildman–Crippen MR) is 64.7 cm³/mol. The van der Waals surface area contributed by atoms with Crippen molar-refractivity contribution in [2.24, 2.45) is 0 Å². The van der Waals surface area contributed by atoms with Crippen molar-refractivity contribution in [2.75, 3.05) is 6.54 Å². The van der Waals surface area contributed by atoms with Crippen LogP contribution in [0.1, 0.15) is 4.88 Å². The predicted octanol–water partition coefficient (Wildman–Crippen LogP) is 4.13. The standard InChI is InChI=1S/C11H8BrNS/c1-13-5-4-10-6-8-2-3-9(12)7-11(8)14-10/h2-3,6-7H,4-5H2. The molecule has 0 spiro atoms. The number of rotatable bonds is 2. The van der Waals surface area contributed by atoms with Crippen molar-refractivity contribution in [3.8, 4) is 0 Å². The monoisotopic (exact) mass is 265 g/mol. The molecule has 0 bridgehead atoms. The maximum Gasteiger partial charge on any atom is 0.219 e. The highest BCUT2D eigenvalue weighted by Gasteiger charge is 2.02. The second-order valence-electron chi connectivity index (χ2n) is 3.03. The molecular weight excluding hydrogens is 258 g/mol. The second kappa shape index (κ2) is 4.12. The Kier molecular flexibility index (Phi) is 2.85. The zero-order valence-electron chi connectivity index (χ0n) is 7.46. The first kappa shape index (κ1) is 9.70. The third-order valence-electron chi connectivity index (χ3n) is 2.00. The van der Waals surface area contributed by atoms with E-state index in [2.05, 4.69) is 39.0 Å². The normalized spacial score (nSPS) is 10.3. The SMILES string of the molecule is [C-]#[N+]CCc1cc2ccc(Br)cc2s1. The minimum Gasteiger partial charge on any atom is -0.317 e. The van der Waals surface area contributed by atoms with Crippen molar-refractivity contribution in [3.05, 3.63) is 45.0 Å². The highest BCUT2D eigenvalue weighted by atomic mass is 79.9. The number of fused-ring (bicyclic) bond motifs is 1. The van der Waals surface area contributed by atoms with E-state index in [1.165, 1.54) is 15.0 Å². The molecule has 0 saturated heterocycles. The lowest BCUT2D eigenvalue weighted by Crippen LogP contribution is -1.80. The summed E-state index contributed by atoms with van der Waals surface area (Å²) in [6.45, 7) is 7.33. The van der Waals surface area contributed by atoms with Gasteiger partial charge >= 0.3 is 0 Å². The molecule has 0 unspecified atom stereocenters. The quantitative estimate of drug-likeness (QED) is 0.720. The van der Waals surface area contributed by atoms with Crippen molar-refractivity contribution in [3.63, 3.8) is 0 Å². The van der Waals surface area contributed by atoms with Gasteiger partial charge in [-0.3, -0.25) is 0 Å². The Bertz CT molecular complexity index is 495. The van der Waals surface area contributed by atoms with Gasteiger partial charge in [-0.1, -0.05) is 22.0 Å². The summed E-state index contributed by atoms with van der Waals surface area (Å²) in [5, 5.41) is 1.28. The summed E-state index contributed by atoms with van der Waals surface area (Å²) in [4.78, 5) is 4.67. The number of thiophene rings is 1. The lowest BCUT2D eigenvalue weighted by molar-refractivity contribution is 1.11. The van der Waals surface area contributed by atoms with E-state index in [1.807, 2.05) is 6.07 Å². The number of benzene rings is 1. The summed E-state index contributed by atoms with van der Waals surface area (Å²) in [6.07, 6.45) is 0.875. The number of nitrogens with zero attached hydrogens (tertiary/aromatic N) is 1. The van der Waals surface area contributed by atoms with E-state index in [0.29, 0.717) is 6.54 Å². The van der Waals surface area contributed by atoms with Gasteiger partial charge in [-0.25, -0.2) is 6.57 Å². The first-order chi connectivity index (χ1) is 6.79. The van der Waals surface area contributed by atoms with Crippen LogP contribution in [-0.2, 0) is 6.42 Å². The summed E-state index contributed by atoms with van der Waals surface area (Å²) < 4.78 is 2.41. The largest absolute Gasteiger partial charge is 0.317 e. The summed E-state index contributed by atoms with van der Waals surface area (Å²) in [5.74, 6) is 0. The Morgan fingerprint density at radius 1 is 1.36 bits per heavy atom. The molecule has 1 heterocycles. The molecule has 0 atom stereocenters. The minimum absolute atomic E-state index is 0.591. The first-order valence-electron chi connectivity index (χ1n) is 4.31. The molecule has 3 heteroatoms. The van der Waals surface area contributed by atoms with Crippen LogP contribution in [-0.4, -0.2) is 6.54 Å². The van der Waals surface area contributed by atoms with E-state index in [9.17, 15) is 0 Å². The molecule has 2 rings (SSSR count). The molecule has 1 aromatic heterocycles. The van der Waals surface area contributed by atoms with Crippen LogP contribution in [0.25, 0.3) is 14.9 Å². The van der Waals surface area contributed by atoms with Gasteiger partial charge in [0.25, 0.3) is 0 Å². The zero-order valence-corrected chi connectivity index (χ0v) is 9.86. The highest BCUT2D eigenvalue weighted by molar-refractivity contribution is 9.10. The average molecular weight is 266 g/mol. The molecule has 0 N–H and O–H groups in total. The van der Waals surface area contributed by atoms with E-state index < -0.39 is 0 Å². The number of hydrogen-bond donors (Lipinski definition) is 0. The van der Waals surface area contributed by atoms with E-state index in [1.54, 1.807) is 11.3 Å². The van der Waals surface area contributed by atoms with Crippen molar-refractivity contribution in [2.45, 2.75) is 6.42 Å². The molecule has 0 saturated carbocycles. The molecule has 0 aliphatic heterocycles. The molecule has 0 radical (unpaired) electrons. The molecular formula is C11H8BrNS. The smallest absolute Gasteiger partial charge is 0.219 e. The molecule has 0 aliphatic rings. The minimum atomic E-state index is 0.591. The molecule has 0 aliphatic carbocycles. The van der Waals surface area contributed by atoms with Gasteiger partial charge in [0, 0.05) is 14.0 Å². The average Bonchev–Trinajstić information content (AvgIpc) is 2.56. The number of halogens is 1. The Labute approximate surface area is 95.3 Å². The van der Waals surface area contributed by atoms with Crippen molar-refractivity contribution in [1.29, 1.82) is 0 Å². The molecule has 70 valence electrons. The summed E-state index contributed by atoms with van der Waals surface area (Å²) in [7, 11) is 0. The van der Waals surface area contributed by atoms with Crippen LogP contribution in [0, 0.1) is 6.57 Å². The molecule has 2 aromatic rings. The fourth-order valence-corrected chi connectivity index (χ4v) is 2.95. The summed E-state index contributed by atoms with van der Waals surface area (Å²) in [5.41, 5.74) is 0. The van der Waals surface area contributed by atoms with Gasteiger partial charge in [0.2, 0.25) is 6.54 Å². The molecule has 1 nitrogen and oxygen atoms in total. The third-order valence-corrected chi connectivity index (χ3v) is 3.65. The lowest BCUT2D eigenvalue weighted by atomic mass is 10.2. The maximum absolute atomic E-state index is 6.74. The van der Waals surface area contributed by atoms with E-state index >= 15 is 0 Å². The van der Waals surface area contributed by atoms with E-state index in [0.717, 1.165) is 10.9 Å². The summed E-state index contributed by atoms with van der Waals surface area (Å²) >= 11 is 5.23. The second-order valence-corrected chi connectivity index (χ2v) is 5.11.